The Morgan fingerprint density at radius 2 is 1.95 bits per heavy atom. The zero-order valence-electron chi connectivity index (χ0n) is 12.5. The second-order valence-corrected chi connectivity index (χ2v) is 5.56. The standard InChI is InChI=1S/C16H19BrN2O3/c1-2-22-16(21)8-11-19(10-3-9-18)15(20)12-13-4-6-14(17)7-5-13/h4-7H,2-3,8,10-12H2,1H3. The summed E-state index contributed by atoms with van der Waals surface area (Å²) in [4.78, 5) is 25.3. The third kappa shape index (κ3) is 6.72. The highest BCUT2D eigenvalue weighted by Gasteiger charge is 2.15. The zero-order valence-corrected chi connectivity index (χ0v) is 14.1. The third-order valence-corrected chi connectivity index (χ3v) is 3.53. The molecule has 0 aliphatic heterocycles. The van der Waals surface area contributed by atoms with Gasteiger partial charge in [-0.3, -0.25) is 9.59 Å². The lowest BCUT2D eigenvalue weighted by Gasteiger charge is -2.21. The van der Waals surface area contributed by atoms with Crippen LogP contribution in [-0.4, -0.2) is 36.5 Å². The molecular formula is C16H19BrN2O3. The summed E-state index contributed by atoms with van der Waals surface area (Å²) in [6.45, 7) is 2.66. The van der Waals surface area contributed by atoms with Crippen molar-refractivity contribution in [2.75, 3.05) is 19.7 Å². The molecule has 0 fully saturated rings. The van der Waals surface area contributed by atoms with E-state index >= 15 is 0 Å². The maximum absolute atomic E-state index is 12.3. The second kappa shape index (κ2) is 9.96. The van der Waals surface area contributed by atoms with Crippen LogP contribution in [0.3, 0.4) is 0 Å². The number of carbonyl (C=O) groups is 2. The molecule has 0 radical (unpaired) electrons. The predicted octanol–water partition coefficient (Wildman–Crippen LogP) is 2.69. The molecule has 0 atom stereocenters. The van der Waals surface area contributed by atoms with Gasteiger partial charge in [-0.25, -0.2) is 0 Å². The van der Waals surface area contributed by atoms with E-state index in [1.807, 2.05) is 30.3 Å². The van der Waals surface area contributed by atoms with Gasteiger partial charge in [0, 0.05) is 17.6 Å². The lowest BCUT2D eigenvalue weighted by Crippen LogP contribution is -2.35. The van der Waals surface area contributed by atoms with Gasteiger partial charge in [0.1, 0.15) is 0 Å². The van der Waals surface area contributed by atoms with Crippen molar-refractivity contribution in [2.45, 2.75) is 26.2 Å². The fourth-order valence-corrected chi connectivity index (χ4v) is 2.16. The first-order valence-electron chi connectivity index (χ1n) is 7.11. The first-order valence-corrected chi connectivity index (χ1v) is 7.91. The van der Waals surface area contributed by atoms with E-state index in [1.54, 1.807) is 11.8 Å². The summed E-state index contributed by atoms with van der Waals surface area (Å²) in [6, 6.07) is 9.51. The summed E-state index contributed by atoms with van der Waals surface area (Å²) in [7, 11) is 0. The molecule has 0 N–H and O–H groups in total. The maximum Gasteiger partial charge on any atom is 0.307 e. The molecule has 0 unspecified atom stereocenters. The fraction of sp³-hybridized carbons (Fsp3) is 0.438. The van der Waals surface area contributed by atoms with Crippen molar-refractivity contribution >= 4 is 27.8 Å². The Morgan fingerprint density at radius 1 is 1.27 bits per heavy atom. The number of carbonyl (C=O) groups excluding carboxylic acids is 2. The van der Waals surface area contributed by atoms with Crippen molar-refractivity contribution in [3.63, 3.8) is 0 Å². The van der Waals surface area contributed by atoms with Gasteiger partial charge in [0.15, 0.2) is 0 Å². The van der Waals surface area contributed by atoms with Crippen molar-refractivity contribution in [1.82, 2.24) is 4.90 Å². The number of halogens is 1. The molecule has 0 heterocycles. The van der Waals surface area contributed by atoms with E-state index in [0.29, 0.717) is 13.2 Å². The quantitative estimate of drug-likeness (QED) is 0.663. The van der Waals surface area contributed by atoms with Crippen LogP contribution in [0.15, 0.2) is 28.7 Å². The van der Waals surface area contributed by atoms with Gasteiger partial charge in [-0.2, -0.15) is 5.26 Å². The minimum absolute atomic E-state index is 0.0955. The number of ether oxygens (including phenoxy) is 1. The molecule has 0 spiro atoms. The second-order valence-electron chi connectivity index (χ2n) is 4.65. The molecule has 0 bridgehead atoms. The summed E-state index contributed by atoms with van der Waals surface area (Å²) >= 11 is 3.35. The van der Waals surface area contributed by atoms with Crippen LogP contribution < -0.4 is 0 Å². The van der Waals surface area contributed by atoms with Crippen molar-refractivity contribution < 1.29 is 14.3 Å². The molecule has 1 aromatic rings. The lowest BCUT2D eigenvalue weighted by atomic mass is 10.1. The molecule has 0 saturated heterocycles. The Hall–Kier alpha value is -1.87. The van der Waals surface area contributed by atoms with E-state index in [9.17, 15) is 9.59 Å². The molecular weight excluding hydrogens is 348 g/mol. The number of esters is 1. The maximum atomic E-state index is 12.3. The van der Waals surface area contributed by atoms with Crippen LogP contribution in [0.4, 0.5) is 0 Å². The summed E-state index contributed by atoms with van der Waals surface area (Å²) < 4.78 is 5.81. The van der Waals surface area contributed by atoms with Crippen LogP contribution in [0.1, 0.15) is 25.3 Å². The third-order valence-electron chi connectivity index (χ3n) is 3.01. The van der Waals surface area contributed by atoms with E-state index in [-0.39, 0.29) is 37.7 Å². The van der Waals surface area contributed by atoms with Crippen LogP contribution in [0.2, 0.25) is 0 Å². The molecule has 0 saturated carbocycles. The Balaban J connectivity index is 2.61. The van der Waals surface area contributed by atoms with Crippen molar-refractivity contribution in [3.05, 3.63) is 34.3 Å². The number of nitrogens with zero attached hydrogens (tertiary/aromatic N) is 2. The molecule has 1 rings (SSSR count). The van der Waals surface area contributed by atoms with Gasteiger partial charge < -0.3 is 9.64 Å². The topological polar surface area (TPSA) is 70.4 Å². The molecule has 22 heavy (non-hydrogen) atoms. The lowest BCUT2D eigenvalue weighted by molar-refractivity contribution is -0.144. The summed E-state index contributed by atoms with van der Waals surface area (Å²) in [5.41, 5.74) is 0.895. The van der Waals surface area contributed by atoms with E-state index in [2.05, 4.69) is 15.9 Å². The van der Waals surface area contributed by atoms with E-state index < -0.39 is 0 Å². The van der Waals surface area contributed by atoms with Crippen molar-refractivity contribution in [2.24, 2.45) is 0 Å². The highest BCUT2D eigenvalue weighted by atomic mass is 79.9. The summed E-state index contributed by atoms with van der Waals surface area (Å²) in [5, 5.41) is 8.69. The monoisotopic (exact) mass is 366 g/mol. The summed E-state index contributed by atoms with van der Waals surface area (Å²) in [5.74, 6) is -0.428. The van der Waals surface area contributed by atoms with Crippen molar-refractivity contribution in [1.29, 1.82) is 5.26 Å². The van der Waals surface area contributed by atoms with Gasteiger partial charge in [0.25, 0.3) is 0 Å². The van der Waals surface area contributed by atoms with Gasteiger partial charge in [-0.1, -0.05) is 28.1 Å². The molecule has 5 nitrogen and oxygen atoms in total. The Labute approximate surface area is 139 Å². The normalized spacial score (nSPS) is 9.86. The molecule has 0 aromatic heterocycles. The van der Waals surface area contributed by atoms with Crippen LogP contribution >= 0.6 is 15.9 Å². The average Bonchev–Trinajstić information content (AvgIpc) is 2.50. The Bertz CT molecular complexity index is 537. The number of nitriles is 1. The number of benzene rings is 1. The van der Waals surface area contributed by atoms with E-state index in [4.69, 9.17) is 10.00 Å². The molecule has 1 amide bonds. The van der Waals surface area contributed by atoms with Gasteiger partial charge in [-0.05, 0) is 24.6 Å². The van der Waals surface area contributed by atoms with Gasteiger partial charge in [-0.15, -0.1) is 0 Å². The van der Waals surface area contributed by atoms with Gasteiger partial charge in [0.05, 0.1) is 31.9 Å². The SMILES string of the molecule is CCOC(=O)CCN(CCC#N)C(=O)Cc1ccc(Br)cc1. The van der Waals surface area contributed by atoms with Crippen molar-refractivity contribution in [3.8, 4) is 6.07 Å². The van der Waals surface area contributed by atoms with Crippen LogP contribution in [0.5, 0.6) is 0 Å². The smallest absolute Gasteiger partial charge is 0.307 e. The zero-order chi connectivity index (χ0) is 16.4. The number of hydrogen-bond acceptors (Lipinski definition) is 4. The minimum atomic E-state index is -0.333. The predicted molar refractivity (Wildman–Crippen MR) is 85.9 cm³/mol. The van der Waals surface area contributed by atoms with Gasteiger partial charge >= 0.3 is 5.97 Å². The Morgan fingerprint density at radius 3 is 2.55 bits per heavy atom. The highest BCUT2D eigenvalue weighted by molar-refractivity contribution is 9.10. The minimum Gasteiger partial charge on any atom is -0.466 e. The van der Waals surface area contributed by atoms with Crippen LogP contribution in [0.25, 0.3) is 0 Å². The molecule has 118 valence electrons. The van der Waals surface area contributed by atoms with E-state index in [1.165, 1.54) is 0 Å². The fourth-order valence-electron chi connectivity index (χ4n) is 1.89. The number of amides is 1. The van der Waals surface area contributed by atoms with Crippen LogP contribution in [-0.2, 0) is 20.7 Å². The first-order chi connectivity index (χ1) is 10.6. The largest absolute Gasteiger partial charge is 0.466 e. The molecule has 6 heteroatoms. The number of hydrogen-bond donors (Lipinski definition) is 0. The van der Waals surface area contributed by atoms with E-state index in [0.717, 1.165) is 10.0 Å². The first kappa shape index (κ1) is 18.2. The summed E-state index contributed by atoms with van der Waals surface area (Å²) in [6.07, 6.45) is 0.641. The highest BCUT2D eigenvalue weighted by Crippen LogP contribution is 2.12. The number of rotatable bonds is 8. The molecule has 0 aliphatic carbocycles. The Kier molecular flexibility index (Phi) is 8.23. The molecule has 1 aromatic carbocycles. The molecule has 0 aliphatic rings. The average molecular weight is 367 g/mol. The van der Waals surface area contributed by atoms with Crippen LogP contribution in [0, 0.1) is 11.3 Å². The van der Waals surface area contributed by atoms with Gasteiger partial charge in [0.2, 0.25) is 5.91 Å².